The van der Waals surface area contributed by atoms with Crippen molar-refractivity contribution >= 4 is 0 Å². The van der Waals surface area contributed by atoms with Crippen molar-refractivity contribution in [2.24, 2.45) is 0 Å². The average molecular weight is 400 g/mol. The molecular formula is C27H20N4. The molecule has 0 radical (unpaired) electrons. The number of aryl methyl sites for hydroxylation is 2. The highest BCUT2D eigenvalue weighted by atomic mass is 14.9. The van der Waals surface area contributed by atoms with Gasteiger partial charge in [0.15, 0.2) is 5.82 Å². The molecule has 0 amide bonds. The van der Waals surface area contributed by atoms with Crippen LogP contribution in [0.15, 0.2) is 66.7 Å². The van der Waals surface area contributed by atoms with Gasteiger partial charge in [-0.3, -0.25) is 0 Å². The average Bonchev–Trinajstić information content (AvgIpc) is 2.82. The Labute approximate surface area is 182 Å². The topological polar surface area (TPSA) is 73.4 Å². The molecule has 1 aromatic heterocycles. The number of nitriles is 2. The number of nitrogens with zero attached hydrogens (tertiary/aromatic N) is 4. The van der Waals surface area contributed by atoms with Crippen LogP contribution in [-0.4, -0.2) is 9.97 Å². The zero-order valence-corrected chi connectivity index (χ0v) is 17.6. The van der Waals surface area contributed by atoms with Gasteiger partial charge in [0.25, 0.3) is 0 Å². The van der Waals surface area contributed by atoms with Crippen molar-refractivity contribution in [3.8, 4) is 45.8 Å². The monoisotopic (exact) mass is 400 g/mol. The predicted octanol–water partition coefficient (Wildman–Crippen LogP) is 6.15. The second kappa shape index (κ2) is 8.22. The summed E-state index contributed by atoms with van der Waals surface area (Å²) in [7, 11) is 0. The molecule has 0 saturated carbocycles. The van der Waals surface area contributed by atoms with E-state index in [4.69, 9.17) is 20.5 Å². The number of hydrogen-bond acceptors (Lipinski definition) is 4. The molecule has 0 aliphatic rings. The second-order valence-corrected chi connectivity index (χ2v) is 7.52. The van der Waals surface area contributed by atoms with Crippen LogP contribution in [0.1, 0.15) is 28.1 Å². The highest BCUT2D eigenvalue weighted by Gasteiger charge is 2.12. The molecule has 31 heavy (non-hydrogen) atoms. The van der Waals surface area contributed by atoms with Crippen LogP contribution in [0.3, 0.4) is 0 Å². The van der Waals surface area contributed by atoms with Gasteiger partial charge >= 0.3 is 0 Å². The summed E-state index contributed by atoms with van der Waals surface area (Å²) >= 11 is 0. The Bertz CT molecular complexity index is 1250. The molecule has 0 atom stereocenters. The maximum absolute atomic E-state index is 9.11. The molecule has 1 heterocycles. The maximum Gasteiger partial charge on any atom is 0.159 e. The molecule has 148 valence electrons. The Morgan fingerprint density at radius 1 is 0.548 bits per heavy atom. The molecule has 3 aromatic carbocycles. The standard InChI is InChI=1S/C27H20N4/c1-17-18(2)30-27(31-19(17)3)26-13-24(22-8-4-20(15-28)5-9-22)12-25(14-26)23-10-6-21(16-29)7-11-23/h4-14H,1-3H3. The van der Waals surface area contributed by atoms with Gasteiger partial charge in [-0.1, -0.05) is 24.3 Å². The highest BCUT2D eigenvalue weighted by Crippen LogP contribution is 2.32. The fraction of sp³-hybridized carbons (Fsp3) is 0.111. The van der Waals surface area contributed by atoms with Gasteiger partial charge in [-0.05, 0) is 91.1 Å². The minimum Gasteiger partial charge on any atom is -0.233 e. The van der Waals surface area contributed by atoms with Crippen LogP contribution in [0.5, 0.6) is 0 Å². The summed E-state index contributed by atoms with van der Waals surface area (Å²) in [6, 6.07) is 25.7. The first-order chi connectivity index (χ1) is 15.0. The summed E-state index contributed by atoms with van der Waals surface area (Å²) in [6.45, 7) is 6.03. The van der Waals surface area contributed by atoms with Crippen LogP contribution < -0.4 is 0 Å². The third-order valence-electron chi connectivity index (χ3n) is 5.52. The Kier molecular flexibility index (Phi) is 5.31. The van der Waals surface area contributed by atoms with E-state index >= 15 is 0 Å². The van der Waals surface area contributed by atoms with Crippen LogP contribution in [0.25, 0.3) is 33.6 Å². The predicted molar refractivity (Wildman–Crippen MR) is 122 cm³/mol. The lowest BCUT2D eigenvalue weighted by atomic mass is 9.95. The molecule has 0 bridgehead atoms. The van der Waals surface area contributed by atoms with Crippen LogP contribution in [0.4, 0.5) is 0 Å². The van der Waals surface area contributed by atoms with E-state index in [9.17, 15) is 0 Å². The van der Waals surface area contributed by atoms with Crippen LogP contribution in [0, 0.1) is 43.4 Å². The normalized spacial score (nSPS) is 10.4. The summed E-state index contributed by atoms with van der Waals surface area (Å²) in [5, 5.41) is 18.2. The molecule has 4 nitrogen and oxygen atoms in total. The van der Waals surface area contributed by atoms with Gasteiger partial charge in [-0.25, -0.2) is 9.97 Å². The second-order valence-electron chi connectivity index (χ2n) is 7.52. The van der Waals surface area contributed by atoms with E-state index in [-0.39, 0.29) is 0 Å². The Hall–Kier alpha value is -4.28. The van der Waals surface area contributed by atoms with Crippen molar-refractivity contribution in [1.29, 1.82) is 10.5 Å². The van der Waals surface area contributed by atoms with Gasteiger partial charge < -0.3 is 0 Å². The maximum atomic E-state index is 9.11. The van der Waals surface area contributed by atoms with Crippen molar-refractivity contribution in [3.63, 3.8) is 0 Å². The van der Waals surface area contributed by atoms with E-state index in [0.717, 1.165) is 44.8 Å². The SMILES string of the molecule is Cc1nc(-c2cc(-c3ccc(C#N)cc3)cc(-c3ccc(C#N)cc3)c2)nc(C)c1C. The first-order valence-electron chi connectivity index (χ1n) is 9.97. The Balaban J connectivity index is 1.91. The van der Waals surface area contributed by atoms with Crippen molar-refractivity contribution in [2.45, 2.75) is 20.8 Å². The zero-order chi connectivity index (χ0) is 22.0. The first kappa shape index (κ1) is 20.0. The molecule has 0 N–H and O–H groups in total. The van der Waals surface area contributed by atoms with Crippen molar-refractivity contribution in [1.82, 2.24) is 9.97 Å². The van der Waals surface area contributed by atoms with E-state index in [0.29, 0.717) is 17.0 Å². The van der Waals surface area contributed by atoms with Gasteiger partial charge in [-0.15, -0.1) is 0 Å². The van der Waals surface area contributed by atoms with E-state index in [2.05, 4.69) is 30.3 Å². The smallest absolute Gasteiger partial charge is 0.159 e. The zero-order valence-electron chi connectivity index (χ0n) is 17.6. The van der Waals surface area contributed by atoms with Crippen molar-refractivity contribution in [2.75, 3.05) is 0 Å². The lowest BCUT2D eigenvalue weighted by Crippen LogP contribution is -1.99. The summed E-state index contributed by atoms with van der Waals surface area (Å²) in [4.78, 5) is 9.46. The van der Waals surface area contributed by atoms with Crippen molar-refractivity contribution in [3.05, 3.63) is 94.8 Å². The number of aromatic nitrogens is 2. The highest BCUT2D eigenvalue weighted by molar-refractivity contribution is 5.80. The lowest BCUT2D eigenvalue weighted by Gasteiger charge is -2.12. The van der Waals surface area contributed by atoms with E-state index in [1.54, 1.807) is 0 Å². The third kappa shape index (κ3) is 4.06. The van der Waals surface area contributed by atoms with Gasteiger partial charge in [-0.2, -0.15) is 10.5 Å². The minimum atomic E-state index is 0.625. The van der Waals surface area contributed by atoms with Gasteiger partial charge in [0, 0.05) is 17.0 Å². The molecule has 0 aliphatic carbocycles. The number of rotatable bonds is 3. The number of benzene rings is 3. The lowest BCUT2D eigenvalue weighted by molar-refractivity contribution is 1.02. The van der Waals surface area contributed by atoms with E-state index in [1.165, 1.54) is 0 Å². The molecule has 0 spiro atoms. The number of hydrogen-bond donors (Lipinski definition) is 0. The van der Waals surface area contributed by atoms with Gasteiger partial charge in [0.05, 0.1) is 23.3 Å². The third-order valence-corrected chi connectivity index (χ3v) is 5.52. The van der Waals surface area contributed by atoms with E-state index in [1.807, 2.05) is 69.3 Å². The quantitative estimate of drug-likeness (QED) is 0.414. The molecule has 4 rings (SSSR count). The molecular weight excluding hydrogens is 380 g/mol. The molecule has 4 aromatic rings. The van der Waals surface area contributed by atoms with Gasteiger partial charge in [0.2, 0.25) is 0 Å². The largest absolute Gasteiger partial charge is 0.233 e. The molecule has 0 fully saturated rings. The molecule has 0 saturated heterocycles. The molecule has 4 heteroatoms. The summed E-state index contributed by atoms with van der Waals surface area (Å²) in [6.07, 6.45) is 0. The first-order valence-corrected chi connectivity index (χ1v) is 9.97. The minimum absolute atomic E-state index is 0.625. The fourth-order valence-electron chi connectivity index (χ4n) is 3.47. The van der Waals surface area contributed by atoms with Crippen LogP contribution in [0.2, 0.25) is 0 Å². The van der Waals surface area contributed by atoms with Gasteiger partial charge in [0.1, 0.15) is 0 Å². The Morgan fingerprint density at radius 3 is 1.32 bits per heavy atom. The summed E-state index contributed by atoms with van der Waals surface area (Å²) in [5.74, 6) is 0.686. The molecule has 0 aliphatic heterocycles. The summed E-state index contributed by atoms with van der Waals surface area (Å²) in [5.41, 5.74) is 9.25. The summed E-state index contributed by atoms with van der Waals surface area (Å²) < 4.78 is 0. The van der Waals surface area contributed by atoms with E-state index < -0.39 is 0 Å². The molecule has 0 unspecified atom stereocenters. The van der Waals surface area contributed by atoms with Crippen LogP contribution >= 0.6 is 0 Å². The Morgan fingerprint density at radius 2 is 0.935 bits per heavy atom. The van der Waals surface area contributed by atoms with Crippen LogP contribution in [-0.2, 0) is 0 Å². The fourth-order valence-corrected chi connectivity index (χ4v) is 3.47. The van der Waals surface area contributed by atoms with Crippen molar-refractivity contribution < 1.29 is 0 Å².